The summed E-state index contributed by atoms with van der Waals surface area (Å²) in [5.74, 6) is -0.0644. The zero-order valence-electron chi connectivity index (χ0n) is 10.3. The van der Waals surface area contributed by atoms with E-state index in [0.717, 1.165) is 0 Å². The van der Waals surface area contributed by atoms with Gasteiger partial charge in [0.1, 0.15) is 0 Å². The highest BCUT2D eigenvalue weighted by molar-refractivity contribution is 7.91. The predicted octanol–water partition coefficient (Wildman–Crippen LogP) is 1.47. The van der Waals surface area contributed by atoms with Crippen LogP contribution in [0, 0.1) is 0 Å². The molecule has 1 unspecified atom stereocenters. The third-order valence-electron chi connectivity index (χ3n) is 2.56. The monoisotopic (exact) mass is 291 g/mol. The van der Waals surface area contributed by atoms with E-state index in [4.69, 9.17) is 16.7 Å². The first kappa shape index (κ1) is 15.4. The molecule has 1 rings (SSSR count). The van der Waals surface area contributed by atoms with Crippen LogP contribution in [-0.2, 0) is 9.84 Å². The molecule has 4 nitrogen and oxygen atoms in total. The van der Waals surface area contributed by atoms with Gasteiger partial charge in [0.25, 0.3) is 0 Å². The molecule has 0 aliphatic heterocycles. The van der Waals surface area contributed by atoms with Gasteiger partial charge in [0.2, 0.25) is 0 Å². The number of halogens is 1. The van der Waals surface area contributed by atoms with E-state index in [2.05, 4.69) is 5.32 Å². The molecule has 0 aliphatic carbocycles. The van der Waals surface area contributed by atoms with Crippen LogP contribution >= 0.6 is 11.6 Å². The smallest absolute Gasteiger partial charge is 0.181 e. The molecule has 0 heterocycles. The molecular weight excluding hydrogens is 274 g/mol. The van der Waals surface area contributed by atoms with Crippen molar-refractivity contribution in [1.29, 1.82) is 0 Å². The minimum atomic E-state index is -3.44. The molecule has 0 aliphatic rings. The van der Waals surface area contributed by atoms with Crippen LogP contribution in [0.4, 0.5) is 0 Å². The fraction of sp³-hybridized carbons (Fsp3) is 0.500. The summed E-state index contributed by atoms with van der Waals surface area (Å²) in [6.07, 6.45) is 0.400. The van der Waals surface area contributed by atoms with E-state index in [9.17, 15) is 8.42 Å². The normalized spacial score (nSPS) is 13.5. The molecule has 0 amide bonds. The molecule has 0 spiro atoms. The van der Waals surface area contributed by atoms with Crippen molar-refractivity contribution in [3.8, 4) is 0 Å². The van der Waals surface area contributed by atoms with Crippen molar-refractivity contribution in [3.63, 3.8) is 0 Å². The first-order valence-corrected chi connectivity index (χ1v) is 7.85. The van der Waals surface area contributed by atoms with Gasteiger partial charge < -0.3 is 10.4 Å². The van der Waals surface area contributed by atoms with Crippen molar-refractivity contribution in [2.75, 3.05) is 18.9 Å². The molecule has 102 valence electrons. The van der Waals surface area contributed by atoms with Crippen LogP contribution in [0.15, 0.2) is 29.2 Å². The highest BCUT2D eigenvalue weighted by Gasteiger charge is 2.22. The van der Waals surface area contributed by atoms with E-state index in [0.29, 0.717) is 13.0 Å². The second kappa shape index (κ2) is 7.09. The Labute approximate surface area is 113 Å². The average Bonchev–Trinajstić information content (AvgIpc) is 2.29. The molecule has 1 aromatic rings. The minimum Gasteiger partial charge on any atom is -0.396 e. The molecule has 1 aromatic carbocycles. The van der Waals surface area contributed by atoms with E-state index in [1.807, 2.05) is 6.92 Å². The zero-order valence-corrected chi connectivity index (χ0v) is 11.8. The summed E-state index contributed by atoms with van der Waals surface area (Å²) in [7, 11) is -3.44. The first-order valence-electron chi connectivity index (χ1n) is 5.82. The standard InChI is InChI=1S/C12H18ClNO3S/c1-2-14-10(7-8-15)9-18(16,17)12-6-4-3-5-11(12)13/h3-6,10,14-15H,2,7-9H2,1H3. The van der Waals surface area contributed by atoms with Gasteiger partial charge in [0.05, 0.1) is 15.7 Å². The highest BCUT2D eigenvalue weighted by atomic mass is 35.5. The lowest BCUT2D eigenvalue weighted by atomic mass is 10.2. The average molecular weight is 292 g/mol. The van der Waals surface area contributed by atoms with Gasteiger partial charge in [0, 0.05) is 12.6 Å². The Hall–Kier alpha value is -0.620. The summed E-state index contributed by atoms with van der Waals surface area (Å²) in [5.41, 5.74) is 0. The number of aliphatic hydroxyl groups is 1. The largest absolute Gasteiger partial charge is 0.396 e. The summed E-state index contributed by atoms with van der Waals surface area (Å²) < 4.78 is 24.4. The van der Waals surface area contributed by atoms with Gasteiger partial charge in [-0.25, -0.2) is 8.42 Å². The van der Waals surface area contributed by atoms with E-state index in [1.54, 1.807) is 18.2 Å². The SMILES string of the molecule is CCNC(CCO)CS(=O)(=O)c1ccccc1Cl. The molecule has 0 bridgehead atoms. The van der Waals surface area contributed by atoms with Crippen LogP contribution in [0.1, 0.15) is 13.3 Å². The van der Waals surface area contributed by atoms with E-state index < -0.39 is 9.84 Å². The van der Waals surface area contributed by atoms with Crippen molar-refractivity contribution < 1.29 is 13.5 Å². The number of benzene rings is 1. The maximum absolute atomic E-state index is 12.2. The van der Waals surface area contributed by atoms with Crippen molar-refractivity contribution >= 4 is 21.4 Å². The van der Waals surface area contributed by atoms with Gasteiger partial charge in [-0.05, 0) is 25.1 Å². The molecule has 2 N–H and O–H groups in total. The number of nitrogens with one attached hydrogen (secondary N) is 1. The van der Waals surface area contributed by atoms with Crippen molar-refractivity contribution in [1.82, 2.24) is 5.32 Å². The van der Waals surface area contributed by atoms with E-state index in [1.165, 1.54) is 6.07 Å². The summed E-state index contributed by atoms with van der Waals surface area (Å²) in [5, 5.41) is 12.2. The van der Waals surface area contributed by atoms with E-state index in [-0.39, 0.29) is 28.3 Å². The van der Waals surface area contributed by atoms with Gasteiger partial charge in [0.15, 0.2) is 9.84 Å². The lowest BCUT2D eigenvalue weighted by Crippen LogP contribution is -2.36. The minimum absolute atomic E-state index is 0.0459. The molecule has 0 saturated heterocycles. The molecule has 6 heteroatoms. The molecule has 0 fully saturated rings. The maximum Gasteiger partial charge on any atom is 0.181 e. The summed E-state index contributed by atoms with van der Waals surface area (Å²) in [6.45, 7) is 2.50. The second-order valence-electron chi connectivity index (χ2n) is 3.98. The molecule has 0 aromatic heterocycles. The molecule has 18 heavy (non-hydrogen) atoms. The molecule has 0 radical (unpaired) electrons. The maximum atomic E-state index is 12.2. The van der Waals surface area contributed by atoms with Gasteiger partial charge in [-0.15, -0.1) is 0 Å². The van der Waals surface area contributed by atoms with Crippen molar-refractivity contribution in [2.24, 2.45) is 0 Å². The fourth-order valence-electron chi connectivity index (χ4n) is 1.74. The highest BCUT2D eigenvalue weighted by Crippen LogP contribution is 2.22. The Morgan fingerprint density at radius 1 is 1.39 bits per heavy atom. The first-order chi connectivity index (χ1) is 8.51. The fourth-order valence-corrected chi connectivity index (χ4v) is 3.87. The summed E-state index contributed by atoms with van der Waals surface area (Å²) in [4.78, 5) is 0.146. The van der Waals surface area contributed by atoms with Crippen LogP contribution in [-0.4, -0.2) is 38.5 Å². The lowest BCUT2D eigenvalue weighted by Gasteiger charge is -2.17. The lowest BCUT2D eigenvalue weighted by molar-refractivity contribution is 0.270. The Morgan fingerprint density at radius 3 is 2.61 bits per heavy atom. The number of aliphatic hydroxyl groups excluding tert-OH is 1. The van der Waals surface area contributed by atoms with Crippen LogP contribution in [0.25, 0.3) is 0 Å². The molecular formula is C12H18ClNO3S. The zero-order chi connectivity index (χ0) is 13.6. The second-order valence-corrected chi connectivity index (χ2v) is 6.39. The Morgan fingerprint density at radius 2 is 2.06 bits per heavy atom. The number of hydrogen-bond donors (Lipinski definition) is 2. The predicted molar refractivity (Wildman–Crippen MR) is 72.7 cm³/mol. The number of rotatable bonds is 7. The van der Waals surface area contributed by atoms with Crippen LogP contribution in [0.3, 0.4) is 0 Å². The third kappa shape index (κ3) is 4.24. The number of hydrogen-bond acceptors (Lipinski definition) is 4. The third-order valence-corrected chi connectivity index (χ3v) is 4.87. The molecule has 1 atom stereocenters. The van der Waals surface area contributed by atoms with Gasteiger partial charge in [-0.2, -0.15) is 0 Å². The Kier molecular flexibility index (Phi) is 6.08. The summed E-state index contributed by atoms with van der Waals surface area (Å²) >= 11 is 5.90. The Bertz CT molecular complexity index is 470. The van der Waals surface area contributed by atoms with Gasteiger partial charge >= 0.3 is 0 Å². The number of sulfone groups is 1. The van der Waals surface area contributed by atoms with Crippen LogP contribution in [0.2, 0.25) is 5.02 Å². The Balaban J connectivity index is 2.90. The van der Waals surface area contributed by atoms with Crippen LogP contribution in [0.5, 0.6) is 0 Å². The summed E-state index contributed by atoms with van der Waals surface area (Å²) in [6, 6.07) is 6.13. The quantitative estimate of drug-likeness (QED) is 0.798. The van der Waals surface area contributed by atoms with Gasteiger partial charge in [-0.1, -0.05) is 30.7 Å². The topological polar surface area (TPSA) is 66.4 Å². The van der Waals surface area contributed by atoms with Crippen molar-refractivity contribution in [2.45, 2.75) is 24.3 Å². The van der Waals surface area contributed by atoms with Crippen molar-refractivity contribution in [3.05, 3.63) is 29.3 Å². The van der Waals surface area contributed by atoms with E-state index >= 15 is 0 Å². The molecule has 0 saturated carbocycles. The van der Waals surface area contributed by atoms with Crippen LogP contribution < -0.4 is 5.32 Å². The van der Waals surface area contributed by atoms with Gasteiger partial charge in [-0.3, -0.25) is 0 Å².